The number of amides is 1. The van der Waals surface area contributed by atoms with Gasteiger partial charge in [0.2, 0.25) is 5.91 Å². The summed E-state index contributed by atoms with van der Waals surface area (Å²) in [6.45, 7) is 3.22. The van der Waals surface area contributed by atoms with Crippen molar-refractivity contribution in [1.82, 2.24) is 5.32 Å². The zero-order chi connectivity index (χ0) is 12.5. The maximum absolute atomic E-state index is 11.4. The van der Waals surface area contributed by atoms with Crippen molar-refractivity contribution in [2.24, 2.45) is 0 Å². The Balaban J connectivity index is 2.17. The van der Waals surface area contributed by atoms with Crippen molar-refractivity contribution in [3.63, 3.8) is 0 Å². The van der Waals surface area contributed by atoms with Crippen LogP contribution in [-0.2, 0) is 15.3 Å². The van der Waals surface area contributed by atoms with Gasteiger partial charge in [-0.1, -0.05) is 29.8 Å². The summed E-state index contributed by atoms with van der Waals surface area (Å²) in [5.41, 5.74) is 2.52. The highest BCUT2D eigenvalue weighted by atomic mass is 32.2. The van der Waals surface area contributed by atoms with E-state index in [1.54, 1.807) is 18.9 Å². The summed E-state index contributed by atoms with van der Waals surface area (Å²) in [7, 11) is 1.62. The normalized spacial score (nSPS) is 10.2. The second-order valence-electron chi connectivity index (χ2n) is 3.82. The van der Waals surface area contributed by atoms with E-state index in [4.69, 9.17) is 4.74 Å². The molecule has 0 spiro atoms. The van der Waals surface area contributed by atoms with Crippen LogP contribution in [0.5, 0.6) is 0 Å². The fourth-order valence-electron chi connectivity index (χ4n) is 1.41. The molecule has 0 saturated heterocycles. The summed E-state index contributed by atoms with van der Waals surface area (Å²) in [4.78, 5) is 11.4. The molecule has 1 amide bonds. The Kier molecular flexibility index (Phi) is 6.74. The van der Waals surface area contributed by atoms with Gasteiger partial charge in [0.15, 0.2) is 0 Å². The molecule has 0 saturated carbocycles. The van der Waals surface area contributed by atoms with E-state index in [9.17, 15) is 4.79 Å². The number of nitrogens with one attached hydrogen (secondary N) is 1. The first-order valence-electron chi connectivity index (χ1n) is 5.61. The van der Waals surface area contributed by atoms with E-state index in [1.165, 1.54) is 11.1 Å². The molecule has 0 unspecified atom stereocenters. The average molecular weight is 253 g/mol. The van der Waals surface area contributed by atoms with Gasteiger partial charge in [-0.15, -0.1) is 11.8 Å². The standard InChI is InChI=1S/C13H19NO2S/c1-11-4-3-5-12(8-11)9-17-10-13(15)14-6-7-16-2/h3-5,8H,6-7,9-10H2,1-2H3,(H,14,15). The largest absolute Gasteiger partial charge is 0.383 e. The molecule has 0 aromatic heterocycles. The summed E-state index contributed by atoms with van der Waals surface area (Å²) in [6.07, 6.45) is 0. The van der Waals surface area contributed by atoms with Crippen molar-refractivity contribution >= 4 is 17.7 Å². The minimum absolute atomic E-state index is 0.0692. The molecule has 1 aromatic rings. The lowest BCUT2D eigenvalue weighted by atomic mass is 10.2. The van der Waals surface area contributed by atoms with E-state index in [0.717, 1.165) is 5.75 Å². The van der Waals surface area contributed by atoms with Crippen molar-refractivity contribution in [2.45, 2.75) is 12.7 Å². The lowest BCUT2D eigenvalue weighted by Crippen LogP contribution is -2.28. The molecule has 0 aliphatic heterocycles. The monoisotopic (exact) mass is 253 g/mol. The number of ether oxygens (including phenoxy) is 1. The molecule has 1 N–H and O–H groups in total. The number of methoxy groups -OCH3 is 1. The Bertz CT molecular complexity index is 355. The summed E-state index contributed by atoms with van der Waals surface area (Å²) in [5, 5.41) is 2.80. The van der Waals surface area contributed by atoms with Crippen LogP contribution in [0.3, 0.4) is 0 Å². The molecular weight excluding hydrogens is 234 g/mol. The molecular formula is C13H19NO2S. The van der Waals surface area contributed by atoms with Gasteiger partial charge >= 0.3 is 0 Å². The van der Waals surface area contributed by atoms with Gasteiger partial charge in [-0.3, -0.25) is 4.79 Å². The van der Waals surface area contributed by atoms with Crippen molar-refractivity contribution in [1.29, 1.82) is 0 Å². The van der Waals surface area contributed by atoms with Crippen LogP contribution in [0.2, 0.25) is 0 Å². The second-order valence-corrected chi connectivity index (χ2v) is 4.81. The number of hydrogen-bond donors (Lipinski definition) is 1. The molecule has 0 aliphatic carbocycles. The molecule has 0 atom stereocenters. The fraction of sp³-hybridized carbons (Fsp3) is 0.462. The van der Waals surface area contributed by atoms with Crippen molar-refractivity contribution < 1.29 is 9.53 Å². The Labute approximate surface area is 107 Å². The van der Waals surface area contributed by atoms with Gasteiger partial charge in [0, 0.05) is 19.4 Å². The summed E-state index contributed by atoms with van der Waals surface area (Å²) >= 11 is 1.63. The average Bonchev–Trinajstić information content (AvgIpc) is 2.29. The smallest absolute Gasteiger partial charge is 0.230 e. The minimum atomic E-state index is 0.0692. The predicted octanol–water partition coefficient (Wildman–Crippen LogP) is 1.99. The molecule has 4 heteroatoms. The summed E-state index contributed by atoms with van der Waals surface area (Å²) in [5.74, 6) is 1.44. The molecule has 0 heterocycles. The molecule has 94 valence electrons. The van der Waals surface area contributed by atoms with E-state index in [0.29, 0.717) is 18.9 Å². The van der Waals surface area contributed by atoms with Gasteiger partial charge in [-0.05, 0) is 12.5 Å². The van der Waals surface area contributed by atoms with Gasteiger partial charge < -0.3 is 10.1 Å². The van der Waals surface area contributed by atoms with Crippen LogP contribution in [0.4, 0.5) is 0 Å². The van der Waals surface area contributed by atoms with Gasteiger partial charge in [-0.25, -0.2) is 0 Å². The van der Waals surface area contributed by atoms with E-state index in [-0.39, 0.29) is 5.91 Å². The fourth-order valence-corrected chi connectivity index (χ4v) is 2.21. The molecule has 3 nitrogen and oxygen atoms in total. The third kappa shape index (κ3) is 6.34. The lowest BCUT2D eigenvalue weighted by Gasteiger charge is -2.05. The number of benzene rings is 1. The highest BCUT2D eigenvalue weighted by Crippen LogP contribution is 2.12. The maximum atomic E-state index is 11.4. The Morgan fingerprint density at radius 1 is 1.47 bits per heavy atom. The highest BCUT2D eigenvalue weighted by molar-refractivity contribution is 7.99. The van der Waals surface area contributed by atoms with E-state index in [1.807, 2.05) is 6.07 Å². The zero-order valence-corrected chi connectivity index (χ0v) is 11.2. The van der Waals surface area contributed by atoms with Crippen LogP contribution in [0.15, 0.2) is 24.3 Å². The number of rotatable bonds is 7. The molecule has 1 rings (SSSR count). The maximum Gasteiger partial charge on any atom is 0.230 e. The number of carbonyl (C=O) groups is 1. The van der Waals surface area contributed by atoms with Crippen LogP contribution in [0.1, 0.15) is 11.1 Å². The zero-order valence-electron chi connectivity index (χ0n) is 10.4. The van der Waals surface area contributed by atoms with Gasteiger partial charge in [0.05, 0.1) is 12.4 Å². The third-order valence-corrected chi connectivity index (χ3v) is 3.22. The van der Waals surface area contributed by atoms with Crippen LogP contribution in [0, 0.1) is 6.92 Å². The first-order chi connectivity index (χ1) is 8.22. The molecule has 0 bridgehead atoms. The first-order valence-corrected chi connectivity index (χ1v) is 6.77. The number of hydrogen-bond acceptors (Lipinski definition) is 3. The van der Waals surface area contributed by atoms with Crippen molar-refractivity contribution in [3.05, 3.63) is 35.4 Å². The van der Waals surface area contributed by atoms with E-state index >= 15 is 0 Å². The molecule has 17 heavy (non-hydrogen) atoms. The Morgan fingerprint density at radius 2 is 2.29 bits per heavy atom. The van der Waals surface area contributed by atoms with Crippen molar-refractivity contribution in [2.75, 3.05) is 26.0 Å². The minimum Gasteiger partial charge on any atom is -0.383 e. The Hall–Kier alpha value is -1.00. The molecule has 0 fully saturated rings. The van der Waals surface area contributed by atoms with Crippen LogP contribution in [0.25, 0.3) is 0 Å². The van der Waals surface area contributed by atoms with Crippen LogP contribution < -0.4 is 5.32 Å². The second kappa shape index (κ2) is 8.14. The molecule has 1 aromatic carbocycles. The van der Waals surface area contributed by atoms with Crippen molar-refractivity contribution in [3.8, 4) is 0 Å². The van der Waals surface area contributed by atoms with Crippen LogP contribution >= 0.6 is 11.8 Å². The topological polar surface area (TPSA) is 38.3 Å². The molecule has 0 radical (unpaired) electrons. The number of aryl methyl sites for hydroxylation is 1. The SMILES string of the molecule is COCCNC(=O)CSCc1cccc(C)c1. The van der Waals surface area contributed by atoms with Gasteiger partial charge in [0.1, 0.15) is 0 Å². The Morgan fingerprint density at radius 3 is 3.00 bits per heavy atom. The third-order valence-electron chi connectivity index (χ3n) is 2.21. The summed E-state index contributed by atoms with van der Waals surface area (Å²) in [6, 6.07) is 8.36. The summed E-state index contributed by atoms with van der Waals surface area (Å²) < 4.78 is 4.86. The first kappa shape index (κ1) is 14.1. The molecule has 0 aliphatic rings. The van der Waals surface area contributed by atoms with Gasteiger partial charge in [0.25, 0.3) is 0 Å². The highest BCUT2D eigenvalue weighted by Gasteiger charge is 2.01. The van der Waals surface area contributed by atoms with E-state index in [2.05, 4.69) is 30.4 Å². The predicted molar refractivity (Wildman–Crippen MR) is 72.2 cm³/mol. The van der Waals surface area contributed by atoms with E-state index < -0.39 is 0 Å². The number of carbonyl (C=O) groups excluding carboxylic acids is 1. The number of thioether (sulfide) groups is 1. The quantitative estimate of drug-likeness (QED) is 0.755. The lowest BCUT2D eigenvalue weighted by molar-refractivity contribution is -0.118. The van der Waals surface area contributed by atoms with Gasteiger partial charge in [-0.2, -0.15) is 0 Å². The van der Waals surface area contributed by atoms with Crippen LogP contribution in [-0.4, -0.2) is 31.9 Å².